The number of morpholine rings is 1. The van der Waals surface area contributed by atoms with E-state index in [4.69, 9.17) is 27.9 Å². The number of nitrogens with zero attached hydrogens (tertiary/aromatic N) is 3. The molecule has 0 aliphatic carbocycles. The van der Waals surface area contributed by atoms with Crippen LogP contribution in [0.3, 0.4) is 0 Å². The maximum Gasteiger partial charge on any atom is 0.237 e. The highest BCUT2D eigenvalue weighted by Crippen LogP contribution is 2.50. The molecular weight excluding hydrogens is 445 g/mol. The molecule has 0 atom stereocenters. The van der Waals surface area contributed by atoms with E-state index >= 15 is 0 Å². The summed E-state index contributed by atoms with van der Waals surface area (Å²) in [6.07, 6.45) is 1.61. The maximum atomic E-state index is 13.9. The molecule has 5 rings (SSSR count). The fourth-order valence-electron chi connectivity index (χ4n) is 5.33. The number of amides is 1. The second kappa shape index (κ2) is 9.32. The van der Waals surface area contributed by atoms with E-state index < -0.39 is 5.41 Å². The second-order valence-corrected chi connectivity index (χ2v) is 9.85. The van der Waals surface area contributed by atoms with Crippen LogP contribution < -0.4 is 4.90 Å². The molecule has 1 amide bonds. The molecule has 0 N–H and O–H groups in total. The van der Waals surface area contributed by atoms with Crippen molar-refractivity contribution in [2.75, 3.05) is 57.4 Å². The molecule has 0 saturated carbocycles. The Morgan fingerprint density at radius 2 is 1.56 bits per heavy atom. The number of anilines is 1. The van der Waals surface area contributed by atoms with Gasteiger partial charge >= 0.3 is 0 Å². The average Bonchev–Trinajstić information content (AvgIpc) is 3.03. The molecule has 7 heteroatoms. The number of ether oxygens (including phenoxy) is 1. The van der Waals surface area contributed by atoms with E-state index in [0.29, 0.717) is 16.6 Å². The van der Waals surface area contributed by atoms with Crippen LogP contribution in [-0.4, -0.2) is 68.2 Å². The minimum Gasteiger partial charge on any atom is -0.379 e. The van der Waals surface area contributed by atoms with Gasteiger partial charge in [-0.3, -0.25) is 14.6 Å². The van der Waals surface area contributed by atoms with Crippen LogP contribution in [0.1, 0.15) is 24.0 Å². The smallest absolute Gasteiger partial charge is 0.237 e. The lowest BCUT2D eigenvalue weighted by Gasteiger charge is -2.38. The van der Waals surface area contributed by atoms with Gasteiger partial charge in [0.1, 0.15) is 0 Å². The molecule has 2 fully saturated rings. The van der Waals surface area contributed by atoms with Crippen LogP contribution in [-0.2, 0) is 21.5 Å². The first-order valence-electron chi connectivity index (χ1n) is 11.4. The zero-order valence-electron chi connectivity index (χ0n) is 18.2. The number of carbonyl (C=O) groups excluding carboxylic acids is 1. The van der Waals surface area contributed by atoms with Crippen LogP contribution >= 0.6 is 23.2 Å². The molecule has 170 valence electrons. The Labute approximate surface area is 199 Å². The summed E-state index contributed by atoms with van der Waals surface area (Å²) in [5.41, 5.74) is 2.80. The molecular formula is C25H29Cl2N3O2. The Bertz CT molecular complexity index is 971. The van der Waals surface area contributed by atoms with Gasteiger partial charge < -0.3 is 9.64 Å². The standard InChI is InChI=1S/C25H29Cl2N3O2/c26-21-16-20-23(17-22(21)27)30(11-10-28-12-14-32-15-13-28)24(31)25(20)6-8-29(9-7-25)18-19-4-2-1-3-5-19/h1-5,16-17H,6-15,18H2. The molecule has 3 aliphatic heterocycles. The first-order chi connectivity index (χ1) is 15.6. The Kier molecular flexibility index (Phi) is 6.46. The van der Waals surface area contributed by atoms with Crippen LogP contribution in [0.2, 0.25) is 10.0 Å². The first-order valence-corrected chi connectivity index (χ1v) is 12.2. The number of carbonyl (C=O) groups is 1. The fraction of sp³-hybridized carbons (Fsp3) is 0.480. The number of benzene rings is 2. The highest BCUT2D eigenvalue weighted by atomic mass is 35.5. The third kappa shape index (κ3) is 4.17. The van der Waals surface area contributed by atoms with Crippen LogP contribution in [0.15, 0.2) is 42.5 Å². The third-order valence-electron chi connectivity index (χ3n) is 7.20. The summed E-state index contributed by atoms with van der Waals surface area (Å²) in [6, 6.07) is 14.4. The van der Waals surface area contributed by atoms with Crippen molar-refractivity contribution in [1.29, 1.82) is 0 Å². The van der Waals surface area contributed by atoms with Crippen molar-refractivity contribution in [3.63, 3.8) is 0 Å². The average molecular weight is 474 g/mol. The predicted molar refractivity (Wildman–Crippen MR) is 129 cm³/mol. The van der Waals surface area contributed by atoms with Gasteiger partial charge in [-0.25, -0.2) is 0 Å². The molecule has 0 aromatic heterocycles. The lowest BCUT2D eigenvalue weighted by atomic mass is 9.73. The summed E-state index contributed by atoms with van der Waals surface area (Å²) in [7, 11) is 0. The minimum atomic E-state index is -0.498. The SMILES string of the molecule is O=C1N(CCN2CCOCC2)c2cc(Cl)c(Cl)cc2C12CCN(Cc1ccccc1)CC2. The molecule has 0 bridgehead atoms. The number of hydrogen-bond donors (Lipinski definition) is 0. The summed E-state index contributed by atoms with van der Waals surface area (Å²) in [6.45, 7) is 7.53. The van der Waals surface area contributed by atoms with E-state index in [9.17, 15) is 4.79 Å². The van der Waals surface area contributed by atoms with Crippen molar-refractivity contribution < 1.29 is 9.53 Å². The van der Waals surface area contributed by atoms with Gasteiger partial charge in [0.25, 0.3) is 0 Å². The van der Waals surface area contributed by atoms with Crippen LogP contribution in [0.5, 0.6) is 0 Å². The third-order valence-corrected chi connectivity index (χ3v) is 7.92. The molecule has 3 aliphatic rings. The van der Waals surface area contributed by atoms with Crippen LogP contribution in [0.4, 0.5) is 5.69 Å². The summed E-state index contributed by atoms with van der Waals surface area (Å²) in [5, 5.41) is 1.03. The quantitative estimate of drug-likeness (QED) is 0.651. The maximum absolute atomic E-state index is 13.9. The highest BCUT2D eigenvalue weighted by molar-refractivity contribution is 6.42. The monoisotopic (exact) mass is 473 g/mol. The molecule has 2 saturated heterocycles. The normalized spacial score (nSPS) is 21.3. The molecule has 1 spiro atoms. The van der Waals surface area contributed by atoms with Gasteiger partial charge in [0.05, 0.1) is 28.7 Å². The Balaban J connectivity index is 1.36. The zero-order chi connectivity index (χ0) is 22.1. The van der Waals surface area contributed by atoms with Gasteiger partial charge in [-0.2, -0.15) is 0 Å². The molecule has 32 heavy (non-hydrogen) atoms. The van der Waals surface area contributed by atoms with Crippen molar-refractivity contribution in [2.45, 2.75) is 24.8 Å². The summed E-state index contributed by atoms with van der Waals surface area (Å²) >= 11 is 12.8. The number of likely N-dealkylation sites (tertiary alicyclic amines) is 1. The van der Waals surface area contributed by atoms with Gasteiger partial charge in [-0.05, 0) is 49.2 Å². The zero-order valence-corrected chi connectivity index (χ0v) is 19.7. The Morgan fingerprint density at radius 1 is 0.875 bits per heavy atom. The minimum absolute atomic E-state index is 0.207. The van der Waals surface area contributed by atoms with Crippen molar-refractivity contribution in [2.24, 2.45) is 0 Å². The summed E-state index contributed by atoms with van der Waals surface area (Å²) in [4.78, 5) is 20.6. The molecule has 0 radical (unpaired) electrons. The Morgan fingerprint density at radius 3 is 2.28 bits per heavy atom. The second-order valence-electron chi connectivity index (χ2n) is 9.04. The van der Waals surface area contributed by atoms with Crippen molar-refractivity contribution in [3.05, 3.63) is 63.6 Å². The lowest BCUT2D eigenvalue weighted by molar-refractivity contribution is -0.125. The summed E-state index contributed by atoms with van der Waals surface area (Å²) < 4.78 is 5.46. The van der Waals surface area contributed by atoms with E-state index in [1.807, 2.05) is 23.1 Å². The number of halogens is 2. The van der Waals surface area contributed by atoms with Gasteiger partial charge in [-0.15, -0.1) is 0 Å². The number of piperidine rings is 1. The molecule has 5 nitrogen and oxygen atoms in total. The highest BCUT2D eigenvalue weighted by Gasteiger charge is 2.52. The van der Waals surface area contributed by atoms with E-state index in [-0.39, 0.29) is 5.91 Å². The molecule has 2 aromatic rings. The number of rotatable bonds is 5. The summed E-state index contributed by atoms with van der Waals surface area (Å²) in [5.74, 6) is 0.207. The first kappa shape index (κ1) is 22.2. The topological polar surface area (TPSA) is 36.0 Å². The van der Waals surface area contributed by atoms with Crippen molar-refractivity contribution in [3.8, 4) is 0 Å². The van der Waals surface area contributed by atoms with Gasteiger partial charge in [-0.1, -0.05) is 53.5 Å². The van der Waals surface area contributed by atoms with Crippen molar-refractivity contribution in [1.82, 2.24) is 9.80 Å². The fourth-order valence-corrected chi connectivity index (χ4v) is 5.65. The lowest BCUT2D eigenvalue weighted by Crippen LogP contribution is -2.50. The number of fused-ring (bicyclic) bond motifs is 2. The van der Waals surface area contributed by atoms with E-state index in [2.05, 4.69) is 34.1 Å². The number of hydrogen-bond acceptors (Lipinski definition) is 4. The predicted octanol–water partition coefficient (Wildman–Crippen LogP) is 4.21. The van der Waals surface area contributed by atoms with E-state index in [0.717, 1.165) is 76.6 Å². The van der Waals surface area contributed by atoms with Gasteiger partial charge in [0.15, 0.2) is 0 Å². The van der Waals surface area contributed by atoms with Gasteiger partial charge in [0, 0.05) is 38.4 Å². The Hall–Kier alpha value is -1.63. The molecule has 0 unspecified atom stereocenters. The van der Waals surface area contributed by atoms with Gasteiger partial charge in [0.2, 0.25) is 5.91 Å². The van der Waals surface area contributed by atoms with Crippen LogP contribution in [0.25, 0.3) is 0 Å². The van der Waals surface area contributed by atoms with Crippen molar-refractivity contribution >= 4 is 34.8 Å². The van der Waals surface area contributed by atoms with E-state index in [1.54, 1.807) is 0 Å². The molecule has 3 heterocycles. The molecule has 2 aromatic carbocycles. The van der Waals surface area contributed by atoms with E-state index in [1.165, 1.54) is 5.56 Å². The van der Waals surface area contributed by atoms with Crippen LogP contribution in [0, 0.1) is 0 Å². The largest absolute Gasteiger partial charge is 0.379 e.